The van der Waals surface area contributed by atoms with Crippen LogP contribution in [0.4, 0.5) is 0 Å². The van der Waals surface area contributed by atoms with Gasteiger partial charge in [-0.15, -0.1) is 0 Å². The minimum absolute atomic E-state index is 0.546. The predicted octanol–water partition coefficient (Wildman–Crippen LogP) is 2.14. The number of hydrogen-bond donors (Lipinski definition) is 2. The molecule has 0 heterocycles. The molecule has 0 radical (unpaired) electrons. The molecular weight excluding hydrogens is 236 g/mol. The second kappa shape index (κ2) is 6.40. The summed E-state index contributed by atoms with van der Waals surface area (Å²) in [5.41, 5.74) is 3.14. The Hall–Kier alpha value is -1.06. The highest BCUT2D eigenvalue weighted by atomic mass is 16.5. The first-order valence-corrected chi connectivity index (χ1v) is 7.18. The van der Waals surface area contributed by atoms with Crippen molar-refractivity contribution in [1.29, 1.82) is 0 Å². The molecule has 2 N–H and O–H groups in total. The van der Waals surface area contributed by atoms with E-state index in [0.717, 1.165) is 31.8 Å². The molecule has 0 aromatic heterocycles. The third-order valence-electron chi connectivity index (χ3n) is 4.06. The maximum atomic E-state index is 5.28. The molecule has 106 valence electrons. The molecule has 19 heavy (non-hydrogen) atoms. The summed E-state index contributed by atoms with van der Waals surface area (Å²) in [7, 11) is 3.76. The van der Waals surface area contributed by atoms with Gasteiger partial charge >= 0.3 is 0 Å². The lowest BCUT2D eigenvalue weighted by atomic mass is 10.1. The van der Waals surface area contributed by atoms with E-state index in [1.54, 1.807) is 7.11 Å². The van der Waals surface area contributed by atoms with Crippen molar-refractivity contribution in [2.45, 2.75) is 26.2 Å². The Balaban J connectivity index is 1.72. The monoisotopic (exact) mass is 262 g/mol. The van der Waals surface area contributed by atoms with E-state index < -0.39 is 0 Å². The van der Waals surface area contributed by atoms with E-state index in [0.29, 0.717) is 5.41 Å². The van der Waals surface area contributed by atoms with E-state index in [2.05, 4.69) is 35.8 Å². The molecule has 0 saturated heterocycles. The zero-order chi connectivity index (χ0) is 13.7. The lowest BCUT2D eigenvalue weighted by Crippen LogP contribution is -2.32. The molecule has 0 aliphatic heterocycles. The van der Waals surface area contributed by atoms with Crippen LogP contribution in [0.15, 0.2) is 18.2 Å². The van der Waals surface area contributed by atoms with Crippen LogP contribution >= 0.6 is 0 Å². The Kier molecular flexibility index (Phi) is 4.83. The van der Waals surface area contributed by atoms with Crippen LogP contribution in [0.25, 0.3) is 0 Å². The molecule has 1 saturated carbocycles. The van der Waals surface area contributed by atoms with Gasteiger partial charge in [0.2, 0.25) is 0 Å². The quantitative estimate of drug-likeness (QED) is 0.704. The lowest BCUT2D eigenvalue weighted by molar-refractivity contribution is 0.411. The standard InChI is InChI=1S/C16H26N2O/c1-13-10-14(4-5-15(13)19-3)6-9-18-12-16(7-8-16)11-17-2/h4-5,10,17-18H,6-9,11-12H2,1-3H3. The Morgan fingerprint density at radius 3 is 2.63 bits per heavy atom. The van der Waals surface area contributed by atoms with Crippen molar-refractivity contribution in [3.8, 4) is 5.75 Å². The normalized spacial score (nSPS) is 16.4. The van der Waals surface area contributed by atoms with Crippen LogP contribution in [0.1, 0.15) is 24.0 Å². The van der Waals surface area contributed by atoms with Gasteiger partial charge in [0.15, 0.2) is 0 Å². The lowest BCUT2D eigenvalue weighted by Gasteiger charge is -2.15. The molecule has 3 nitrogen and oxygen atoms in total. The summed E-state index contributed by atoms with van der Waals surface area (Å²) in [5, 5.41) is 6.89. The van der Waals surface area contributed by atoms with Gasteiger partial charge in [-0.3, -0.25) is 0 Å². The number of benzene rings is 1. The largest absolute Gasteiger partial charge is 0.496 e. The van der Waals surface area contributed by atoms with E-state index in [1.165, 1.54) is 24.0 Å². The maximum Gasteiger partial charge on any atom is 0.121 e. The molecule has 1 aliphatic carbocycles. The zero-order valence-electron chi connectivity index (χ0n) is 12.4. The first-order chi connectivity index (χ1) is 9.19. The Morgan fingerprint density at radius 2 is 2.05 bits per heavy atom. The van der Waals surface area contributed by atoms with Gasteiger partial charge in [-0.05, 0) is 62.4 Å². The van der Waals surface area contributed by atoms with E-state index >= 15 is 0 Å². The number of aryl methyl sites for hydroxylation is 1. The van der Waals surface area contributed by atoms with Gasteiger partial charge in [0, 0.05) is 13.1 Å². The third kappa shape index (κ3) is 3.95. The molecule has 1 aromatic rings. The van der Waals surface area contributed by atoms with Crippen LogP contribution in [0.2, 0.25) is 0 Å². The van der Waals surface area contributed by atoms with Crippen molar-refractivity contribution in [2.75, 3.05) is 33.8 Å². The number of hydrogen-bond acceptors (Lipinski definition) is 3. The highest BCUT2D eigenvalue weighted by Crippen LogP contribution is 2.44. The molecule has 3 heteroatoms. The average Bonchev–Trinajstić information content (AvgIpc) is 3.16. The summed E-state index contributed by atoms with van der Waals surface area (Å²) in [5.74, 6) is 0.975. The second-order valence-electron chi connectivity index (χ2n) is 5.76. The van der Waals surface area contributed by atoms with Crippen molar-refractivity contribution in [2.24, 2.45) is 5.41 Å². The molecule has 0 spiro atoms. The van der Waals surface area contributed by atoms with Crippen molar-refractivity contribution >= 4 is 0 Å². The minimum atomic E-state index is 0.546. The van der Waals surface area contributed by atoms with Crippen LogP contribution in [-0.4, -0.2) is 33.8 Å². The van der Waals surface area contributed by atoms with Crippen LogP contribution in [0, 0.1) is 12.3 Å². The number of ether oxygens (including phenoxy) is 1. The van der Waals surface area contributed by atoms with Crippen molar-refractivity contribution < 1.29 is 4.74 Å². The fourth-order valence-electron chi connectivity index (χ4n) is 2.65. The zero-order valence-corrected chi connectivity index (χ0v) is 12.4. The first kappa shape index (κ1) is 14.4. The van der Waals surface area contributed by atoms with Gasteiger partial charge < -0.3 is 15.4 Å². The average molecular weight is 262 g/mol. The highest BCUT2D eigenvalue weighted by molar-refractivity contribution is 5.36. The van der Waals surface area contributed by atoms with Crippen molar-refractivity contribution in [3.05, 3.63) is 29.3 Å². The Bertz CT molecular complexity index is 413. The van der Waals surface area contributed by atoms with E-state index in [-0.39, 0.29) is 0 Å². The second-order valence-corrected chi connectivity index (χ2v) is 5.76. The predicted molar refractivity (Wildman–Crippen MR) is 79.9 cm³/mol. The summed E-state index contributed by atoms with van der Waals surface area (Å²) in [6.45, 7) is 5.43. The fourth-order valence-corrected chi connectivity index (χ4v) is 2.65. The van der Waals surface area contributed by atoms with Crippen molar-refractivity contribution in [1.82, 2.24) is 10.6 Å². The third-order valence-corrected chi connectivity index (χ3v) is 4.06. The number of rotatable bonds is 8. The molecule has 1 fully saturated rings. The Morgan fingerprint density at radius 1 is 1.26 bits per heavy atom. The maximum absolute atomic E-state index is 5.28. The molecule has 0 amide bonds. The summed E-state index contributed by atoms with van der Waals surface area (Å²) in [4.78, 5) is 0. The molecule has 1 aromatic carbocycles. The van der Waals surface area contributed by atoms with E-state index in [4.69, 9.17) is 4.74 Å². The molecular formula is C16H26N2O. The van der Waals surface area contributed by atoms with Gasteiger partial charge in [0.1, 0.15) is 5.75 Å². The molecule has 0 atom stereocenters. The van der Waals surface area contributed by atoms with Crippen LogP contribution in [-0.2, 0) is 6.42 Å². The summed E-state index contributed by atoms with van der Waals surface area (Å²) < 4.78 is 5.28. The van der Waals surface area contributed by atoms with Gasteiger partial charge in [-0.2, -0.15) is 0 Å². The van der Waals surface area contributed by atoms with Crippen molar-refractivity contribution in [3.63, 3.8) is 0 Å². The van der Waals surface area contributed by atoms with Gasteiger partial charge in [-0.25, -0.2) is 0 Å². The summed E-state index contributed by atoms with van der Waals surface area (Å²) in [6, 6.07) is 6.45. The van der Waals surface area contributed by atoms with Gasteiger partial charge in [0.25, 0.3) is 0 Å². The van der Waals surface area contributed by atoms with Crippen LogP contribution < -0.4 is 15.4 Å². The first-order valence-electron chi connectivity index (χ1n) is 7.18. The van der Waals surface area contributed by atoms with Gasteiger partial charge in [0.05, 0.1) is 7.11 Å². The van der Waals surface area contributed by atoms with Crippen LogP contribution in [0.3, 0.4) is 0 Å². The van der Waals surface area contributed by atoms with E-state index in [9.17, 15) is 0 Å². The summed E-state index contributed by atoms with van der Waals surface area (Å²) in [6.07, 6.45) is 3.81. The smallest absolute Gasteiger partial charge is 0.121 e. The van der Waals surface area contributed by atoms with E-state index in [1.807, 2.05) is 7.05 Å². The van der Waals surface area contributed by atoms with Crippen LogP contribution in [0.5, 0.6) is 5.75 Å². The SMILES string of the molecule is CNCC1(CNCCc2ccc(OC)c(C)c2)CC1. The summed E-state index contributed by atoms with van der Waals surface area (Å²) >= 11 is 0. The Labute approximate surface area is 116 Å². The minimum Gasteiger partial charge on any atom is -0.496 e. The highest BCUT2D eigenvalue weighted by Gasteiger charge is 2.41. The number of methoxy groups -OCH3 is 1. The number of nitrogens with one attached hydrogen (secondary N) is 2. The topological polar surface area (TPSA) is 33.3 Å². The molecule has 0 unspecified atom stereocenters. The molecule has 0 bridgehead atoms. The van der Waals surface area contributed by atoms with Gasteiger partial charge in [-0.1, -0.05) is 12.1 Å². The fraction of sp³-hybridized carbons (Fsp3) is 0.625. The molecule has 2 rings (SSSR count). The molecule has 1 aliphatic rings.